The van der Waals surface area contributed by atoms with Crippen molar-refractivity contribution in [3.63, 3.8) is 0 Å². The number of nitrogens with zero attached hydrogens (tertiary/aromatic N) is 2. The summed E-state index contributed by atoms with van der Waals surface area (Å²) in [5.41, 5.74) is 0. The first-order valence-electron chi connectivity index (χ1n) is 9.49. The van der Waals surface area contributed by atoms with Crippen molar-refractivity contribution in [3.05, 3.63) is 0 Å². The number of hydrogen-bond donors (Lipinski definition) is 1. The zero-order chi connectivity index (χ0) is 18.3. The van der Waals surface area contributed by atoms with Crippen LogP contribution >= 0.6 is 0 Å². The molecule has 146 valence electrons. The molecule has 0 aromatic carbocycles. The number of carbonyl (C=O) groups excluding carboxylic acids is 1. The highest BCUT2D eigenvalue weighted by Gasteiger charge is 2.27. The van der Waals surface area contributed by atoms with Crippen LogP contribution < -0.4 is 5.32 Å². The van der Waals surface area contributed by atoms with Crippen LogP contribution in [0.3, 0.4) is 0 Å². The topological polar surface area (TPSA) is 72.4 Å². The molecule has 25 heavy (non-hydrogen) atoms. The van der Waals surface area contributed by atoms with Gasteiger partial charge in [0.05, 0.1) is 25.7 Å². The molecule has 0 aromatic heterocycles. The average Bonchev–Trinajstić information content (AvgIpc) is 2.63. The first-order chi connectivity index (χ1) is 12.2. The third kappa shape index (κ3) is 9.07. The van der Waals surface area contributed by atoms with Gasteiger partial charge in [-0.25, -0.2) is 0 Å². The van der Waals surface area contributed by atoms with Gasteiger partial charge in [-0.3, -0.25) is 9.79 Å². The molecule has 1 saturated heterocycles. The summed E-state index contributed by atoms with van der Waals surface area (Å²) in [6, 6.07) is 0. The fourth-order valence-corrected chi connectivity index (χ4v) is 2.76. The van der Waals surface area contributed by atoms with Crippen molar-refractivity contribution in [2.45, 2.75) is 39.5 Å². The van der Waals surface area contributed by atoms with Gasteiger partial charge >= 0.3 is 5.97 Å². The Hall–Kier alpha value is -1.34. The van der Waals surface area contributed by atoms with Crippen LogP contribution in [0.5, 0.6) is 0 Å². The van der Waals surface area contributed by atoms with Gasteiger partial charge in [-0.1, -0.05) is 0 Å². The Labute approximate surface area is 152 Å². The number of ether oxygens (including phenoxy) is 3. The third-order valence-corrected chi connectivity index (χ3v) is 4.14. The van der Waals surface area contributed by atoms with Crippen molar-refractivity contribution in [2.75, 3.05) is 59.7 Å². The number of carbonyl (C=O) groups is 1. The Balaban J connectivity index is 2.30. The minimum absolute atomic E-state index is 0.0309. The highest BCUT2D eigenvalue weighted by Crippen LogP contribution is 2.18. The number of hydrogen-bond acceptors (Lipinski definition) is 5. The van der Waals surface area contributed by atoms with Gasteiger partial charge in [-0.05, 0) is 39.5 Å². The molecule has 0 bridgehead atoms. The van der Waals surface area contributed by atoms with E-state index in [4.69, 9.17) is 19.2 Å². The molecule has 0 atom stereocenters. The van der Waals surface area contributed by atoms with Gasteiger partial charge < -0.3 is 24.4 Å². The van der Waals surface area contributed by atoms with Crippen molar-refractivity contribution in [3.8, 4) is 0 Å². The molecule has 1 aliphatic rings. The zero-order valence-electron chi connectivity index (χ0n) is 16.1. The van der Waals surface area contributed by atoms with Gasteiger partial charge in [0.25, 0.3) is 0 Å². The maximum Gasteiger partial charge on any atom is 0.309 e. The molecule has 1 rings (SSSR count). The fraction of sp³-hybridized carbons (Fsp3) is 0.889. The van der Waals surface area contributed by atoms with Gasteiger partial charge in [-0.15, -0.1) is 0 Å². The maximum absolute atomic E-state index is 11.8. The molecule has 0 aromatic rings. The summed E-state index contributed by atoms with van der Waals surface area (Å²) in [4.78, 5) is 18.8. The number of methoxy groups -OCH3 is 1. The summed E-state index contributed by atoms with van der Waals surface area (Å²) in [6.45, 7) is 9.74. The molecule has 0 aliphatic carbocycles. The minimum atomic E-state index is -0.0578. The summed E-state index contributed by atoms with van der Waals surface area (Å²) in [6.07, 6.45) is 3.66. The highest BCUT2D eigenvalue weighted by atomic mass is 16.5. The Kier molecular flexibility index (Phi) is 12.1. The van der Waals surface area contributed by atoms with E-state index in [2.05, 4.69) is 17.1 Å². The molecule has 1 aliphatic heterocycles. The smallest absolute Gasteiger partial charge is 0.309 e. The quantitative estimate of drug-likeness (QED) is 0.262. The van der Waals surface area contributed by atoms with E-state index in [1.54, 1.807) is 7.11 Å². The lowest BCUT2D eigenvalue weighted by Crippen LogP contribution is -2.46. The van der Waals surface area contributed by atoms with Crippen LogP contribution in [-0.2, 0) is 19.0 Å². The molecular weight excluding hydrogens is 322 g/mol. The number of rotatable bonds is 11. The second-order valence-electron chi connectivity index (χ2n) is 6.06. The number of guanidine groups is 1. The van der Waals surface area contributed by atoms with E-state index in [1.165, 1.54) is 0 Å². The summed E-state index contributed by atoms with van der Waals surface area (Å²) >= 11 is 0. The Morgan fingerprint density at radius 3 is 2.56 bits per heavy atom. The van der Waals surface area contributed by atoms with Gasteiger partial charge in [-0.2, -0.15) is 0 Å². The second-order valence-corrected chi connectivity index (χ2v) is 6.06. The van der Waals surface area contributed by atoms with Crippen molar-refractivity contribution in [1.82, 2.24) is 10.2 Å². The molecule has 0 amide bonds. The highest BCUT2D eigenvalue weighted by molar-refractivity contribution is 5.80. The van der Waals surface area contributed by atoms with Crippen LogP contribution in [0.1, 0.15) is 39.5 Å². The Morgan fingerprint density at radius 1 is 1.16 bits per heavy atom. The predicted octanol–water partition coefficient (Wildman–Crippen LogP) is 1.67. The molecule has 0 spiro atoms. The molecule has 0 unspecified atom stereocenters. The van der Waals surface area contributed by atoms with Crippen molar-refractivity contribution in [1.29, 1.82) is 0 Å². The monoisotopic (exact) mass is 357 g/mol. The second kappa shape index (κ2) is 13.9. The maximum atomic E-state index is 11.8. The summed E-state index contributed by atoms with van der Waals surface area (Å²) in [5, 5.41) is 3.35. The molecule has 0 radical (unpaired) electrons. The number of unbranched alkanes of at least 4 members (excludes halogenated alkanes) is 1. The SMILES string of the molecule is CCNC(=NCCCCOCCOC)N1CCC(C(=O)OCC)CC1. The number of esters is 1. The number of nitrogens with one attached hydrogen (secondary N) is 1. The molecule has 1 fully saturated rings. The molecular formula is C18H35N3O4. The van der Waals surface area contributed by atoms with Gasteiger partial charge in [0.15, 0.2) is 5.96 Å². The van der Waals surface area contributed by atoms with Crippen molar-refractivity contribution in [2.24, 2.45) is 10.9 Å². The first-order valence-corrected chi connectivity index (χ1v) is 9.49. The average molecular weight is 357 g/mol. The van der Waals surface area contributed by atoms with Crippen LogP contribution in [-0.4, -0.2) is 76.5 Å². The van der Waals surface area contributed by atoms with Gasteiger partial charge in [0, 0.05) is 39.9 Å². The van der Waals surface area contributed by atoms with E-state index in [9.17, 15) is 4.79 Å². The number of likely N-dealkylation sites (tertiary alicyclic amines) is 1. The fourth-order valence-electron chi connectivity index (χ4n) is 2.76. The van der Waals surface area contributed by atoms with E-state index >= 15 is 0 Å². The normalized spacial score (nSPS) is 16.1. The zero-order valence-corrected chi connectivity index (χ0v) is 16.1. The lowest BCUT2D eigenvalue weighted by molar-refractivity contribution is -0.149. The first kappa shape index (κ1) is 21.7. The van der Waals surface area contributed by atoms with E-state index < -0.39 is 0 Å². The van der Waals surface area contributed by atoms with Crippen LogP contribution in [0.4, 0.5) is 0 Å². The lowest BCUT2D eigenvalue weighted by Gasteiger charge is -2.33. The molecule has 7 heteroatoms. The van der Waals surface area contributed by atoms with Crippen LogP contribution in [0.15, 0.2) is 4.99 Å². The van der Waals surface area contributed by atoms with E-state index in [-0.39, 0.29) is 11.9 Å². The molecule has 0 saturated carbocycles. The molecule has 1 N–H and O–H groups in total. The number of aliphatic imine (C=N–C) groups is 1. The summed E-state index contributed by atoms with van der Waals surface area (Å²) < 4.78 is 15.5. The third-order valence-electron chi connectivity index (χ3n) is 4.14. The molecule has 7 nitrogen and oxygen atoms in total. The Morgan fingerprint density at radius 2 is 1.92 bits per heavy atom. The van der Waals surface area contributed by atoms with Crippen LogP contribution in [0, 0.1) is 5.92 Å². The summed E-state index contributed by atoms with van der Waals surface area (Å²) in [5.74, 6) is 0.922. The van der Waals surface area contributed by atoms with Gasteiger partial charge in [0.1, 0.15) is 0 Å². The van der Waals surface area contributed by atoms with Crippen molar-refractivity contribution >= 4 is 11.9 Å². The summed E-state index contributed by atoms with van der Waals surface area (Å²) in [7, 11) is 1.68. The molecule has 1 heterocycles. The largest absolute Gasteiger partial charge is 0.466 e. The van der Waals surface area contributed by atoms with Crippen LogP contribution in [0.2, 0.25) is 0 Å². The standard InChI is InChI=1S/C18H35N3O4/c1-4-19-18(20-10-6-7-13-24-15-14-23-3)21-11-8-16(9-12-21)17(22)25-5-2/h16H,4-15H2,1-3H3,(H,19,20). The Bertz CT molecular complexity index is 383. The predicted molar refractivity (Wildman–Crippen MR) is 98.8 cm³/mol. The van der Waals surface area contributed by atoms with E-state index in [0.717, 1.165) is 64.4 Å². The van der Waals surface area contributed by atoms with E-state index in [0.29, 0.717) is 19.8 Å². The minimum Gasteiger partial charge on any atom is -0.466 e. The van der Waals surface area contributed by atoms with Crippen LogP contribution in [0.25, 0.3) is 0 Å². The van der Waals surface area contributed by atoms with Crippen molar-refractivity contribution < 1.29 is 19.0 Å². The lowest BCUT2D eigenvalue weighted by atomic mass is 9.97. The van der Waals surface area contributed by atoms with E-state index in [1.807, 2.05) is 6.92 Å². The number of piperidine rings is 1. The van der Waals surface area contributed by atoms with Gasteiger partial charge in [0.2, 0.25) is 0 Å².